The molecule has 2 aromatic carbocycles. The number of amides is 1. The van der Waals surface area contributed by atoms with Crippen LogP contribution in [0.25, 0.3) is 0 Å². The molecule has 0 aliphatic heterocycles. The molecule has 0 unspecified atom stereocenters. The van der Waals surface area contributed by atoms with Crippen molar-refractivity contribution < 1.29 is 4.79 Å². The standard InChI is InChI=1S/C19H22N2O/c20-18-9-5-4-8-16(18)10-13-19(22)21(17-11-12-17)14-15-6-2-1-3-7-15/h1-9,17H,10-14,20H2. The number of para-hydroxylation sites is 1. The highest BCUT2D eigenvalue weighted by Gasteiger charge is 2.32. The highest BCUT2D eigenvalue weighted by molar-refractivity contribution is 5.77. The van der Waals surface area contributed by atoms with Gasteiger partial charge in [0.2, 0.25) is 5.91 Å². The van der Waals surface area contributed by atoms with Crippen molar-refractivity contribution in [1.29, 1.82) is 0 Å². The third-order valence-electron chi connectivity index (χ3n) is 4.17. The van der Waals surface area contributed by atoms with E-state index in [1.54, 1.807) is 0 Å². The molecule has 1 amide bonds. The van der Waals surface area contributed by atoms with E-state index in [1.807, 2.05) is 47.4 Å². The number of hydrogen-bond acceptors (Lipinski definition) is 2. The van der Waals surface area contributed by atoms with Crippen molar-refractivity contribution in [3.8, 4) is 0 Å². The van der Waals surface area contributed by atoms with E-state index in [1.165, 1.54) is 5.56 Å². The van der Waals surface area contributed by atoms with Crippen molar-refractivity contribution in [1.82, 2.24) is 4.90 Å². The first-order valence-corrected chi connectivity index (χ1v) is 7.91. The SMILES string of the molecule is Nc1ccccc1CCC(=O)N(Cc1ccccc1)C1CC1. The number of hydrogen-bond donors (Lipinski definition) is 1. The number of rotatable bonds is 6. The predicted octanol–water partition coefficient (Wildman–Crippen LogP) is 3.39. The van der Waals surface area contributed by atoms with E-state index in [0.29, 0.717) is 25.4 Å². The van der Waals surface area contributed by atoms with Gasteiger partial charge in [0, 0.05) is 24.7 Å². The first-order chi connectivity index (χ1) is 10.7. The van der Waals surface area contributed by atoms with Gasteiger partial charge in [-0.1, -0.05) is 48.5 Å². The quantitative estimate of drug-likeness (QED) is 0.830. The molecule has 0 atom stereocenters. The van der Waals surface area contributed by atoms with E-state index in [9.17, 15) is 4.79 Å². The normalized spacial score (nSPS) is 13.8. The van der Waals surface area contributed by atoms with Gasteiger partial charge in [-0.3, -0.25) is 4.79 Å². The van der Waals surface area contributed by atoms with Gasteiger partial charge in [0.1, 0.15) is 0 Å². The molecule has 1 saturated carbocycles. The zero-order valence-corrected chi connectivity index (χ0v) is 12.7. The largest absolute Gasteiger partial charge is 0.399 e. The molecule has 0 aromatic heterocycles. The Hall–Kier alpha value is -2.29. The minimum absolute atomic E-state index is 0.231. The minimum atomic E-state index is 0.231. The van der Waals surface area contributed by atoms with Crippen molar-refractivity contribution in [2.75, 3.05) is 5.73 Å². The molecule has 0 saturated heterocycles. The van der Waals surface area contributed by atoms with Gasteiger partial charge in [-0.15, -0.1) is 0 Å². The summed E-state index contributed by atoms with van der Waals surface area (Å²) in [6.07, 6.45) is 3.50. The number of carbonyl (C=O) groups excluding carboxylic acids is 1. The maximum atomic E-state index is 12.6. The van der Waals surface area contributed by atoms with Crippen molar-refractivity contribution in [3.63, 3.8) is 0 Å². The second kappa shape index (κ2) is 6.65. The average molecular weight is 294 g/mol. The minimum Gasteiger partial charge on any atom is -0.399 e. The number of benzene rings is 2. The number of nitrogen functional groups attached to an aromatic ring is 1. The third kappa shape index (κ3) is 3.67. The molecule has 1 fully saturated rings. The number of nitrogens with zero attached hydrogens (tertiary/aromatic N) is 1. The monoisotopic (exact) mass is 294 g/mol. The van der Waals surface area contributed by atoms with Crippen molar-refractivity contribution in [2.45, 2.75) is 38.3 Å². The summed E-state index contributed by atoms with van der Waals surface area (Å²) in [5.74, 6) is 0.231. The van der Waals surface area contributed by atoms with Crippen molar-refractivity contribution >= 4 is 11.6 Å². The third-order valence-corrected chi connectivity index (χ3v) is 4.17. The maximum absolute atomic E-state index is 12.6. The Kier molecular flexibility index (Phi) is 4.42. The Labute approximate surface area is 131 Å². The zero-order valence-electron chi connectivity index (χ0n) is 12.7. The summed E-state index contributed by atoms with van der Waals surface area (Å²) in [6, 6.07) is 18.4. The fourth-order valence-electron chi connectivity index (χ4n) is 2.73. The molecule has 0 radical (unpaired) electrons. The molecule has 1 aliphatic carbocycles. The van der Waals surface area contributed by atoms with E-state index >= 15 is 0 Å². The van der Waals surface area contributed by atoms with E-state index in [-0.39, 0.29) is 5.91 Å². The van der Waals surface area contributed by atoms with E-state index in [2.05, 4.69) is 12.1 Å². The van der Waals surface area contributed by atoms with Crippen LogP contribution in [0.15, 0.2) is 54.6 Å². The van der Waals surface area contributed by atoms with Crippen LogP contribution in [0, 0.1) is 0 Å². The highest BCUT2D eigenvalue weighted by Crippen LogP contribution is 2.29. The Morgan fingerprint density at radius 1 is 1.05 bits per heavy atom. The second-order valence-corrected chi connectivity index (χ2v) is 5.94. The molecule has 0 heterocycles. The fourth-order valence-corrected chi connectivity index (χ4v) is 2.73. The van der Waals surface area contributed by atoms with Crippen LogP contribution in [0.1, 0.15) is 30.4 Å². The molecule has 3 rings (SSSR count). The number of nitrogens with two attached hydrogens (primary N) is 1. The van der Waals surface area contributed by atoms with E-state index in [0.717, 1.165) is 24.1 Å². The summed E-state index contributed by atoms with van der Waals surface area (Å²) in [5, 5.41) is 0. The summed E-state index contributed by atoms with van der Waals surface area (Å²) in [5.41, 5.74) is 8.99. The van der Waals surface area contributed by atoms with Crippen molar-refractivity contribution in [3.05, 3.63) is 65.7 Å². The second-order valence-electron chi connectivity index (χ2n) is 5.94. The summed E-state index contributed by atoms with van der Waals surface area (Å²) in [7, 11) is 0. The molecule has 2 aromatic rings. The Bertz CT molecular complexity index is 635. The van der Waals surface area contributed by atoms with E-state index in [4.69, 9.17) is 5.73 Å². The summed E-state index contributed by atoms with van der Waals surface area (Å²) >= 11 is 0. The highest BCUT2D eigenvalue weighted by atomic mass is 16.2. The lowest BCUT2D eigenvalue weighted by molar-refractivity contribution is -0.132. The van der Waals surface area contributed by atoms with Crippen LogP contribution in [0.2, 0.25) is 0 Å². The van der Waals surface area contributed by atoms with Crippen LogP contribution in [0.5, 0.6) is 0 Å². The Morgan fingerprint density at radius 3 is 2.41 bits per heavy atom. The molecule has 1 aliphatic rings. The molecule has 114 valence electrons. The van der Waals surface area contributed by atoms with Crippen LogP contribution in [0.4, 0.5) is 5.69 Å². The first-order valence-electron chi connectivity index (χ1n) is 7.91. The Balaban J connectivity index is 1.62. The van der Waals surface area contributed by atoms with Gasteiger partial charge in [-0.25, -0.2) is 0 Å². The van der Waals surface area contributed by atoms with Crippen LogP contribution in [-0.4, -0.2) is 16.8 Å². The first kappa shape index (κ1) is 14.6. The topological polar surface area (TPSA) is 46.3 Å². The number of anilines is 1. The number of aryl methyl sites for hydroxylation is 1. The lowest BCUT2D eigenvalue weighted by Crippen LogP contribution is -2.32. The molecule has 2 N–H and O–H groups in total. The maximum Gasteiger partial charge on any atom is 0.223 e. The lowest BCUT2D eigenvalue weighted by Gasteiger charge is -2.23. The number of carbonyl (C=O) groups is 1. The van der Waals surface area contributed by atoms with Gasteiger partial charge in [0.25, 0.3) is 0 Å². The van der Waals surface area contributed by atoms with Crippen LogP contribution >= 0.6 is 0 Å². The van der Waals surface area contributed by atoms with Crippen LogP contribution < -0.4 is 5.73 Å². The fraction of sp³-hybridized carbons (Fsp3) is 0.316. The molecule has 22 heavy (non-hydrogen) atoms. The van der Waals surface area contributed by atoms with E-state index < -0.39 is 0 Å². The van der Waals surface area contributed by atoms with Gasteiger partial charge < -0.3 is 10.6 Å². The lowest BCUT2D eigenvalue weighted by atomic mass is 10.1. The summed E-state index contributed by atoms with van der Waals surface area (Å²) in [6.45, 7) is 0.717. The molecule has 3 nitrogen and oxygen atoms in total. The summed E-state index contributed by atoms with van der Waals surface area (Å²) < 4.78 is 0. The van der Waals surface area contributed by atoms with Gasteiger partial charge in [-0.05, 0) is 36.5 Å². The molecule has 3 heteroatoms. The molecular weight excluding hydrogens is 272 g/mol. The predicted molar refractivity (Wildman–Crippen MR) is 89.2 cm³/mol. The molecule has 0 bridgehead atoms. The zero-order chi connectivity index (χ0) is 15.4. The van der Waals surface area contributed by atoms with Crippen molar-refractivity contribution in [2.24, 2.45) is 0 Å². The average Bonchev–Trinajstić information content (AvgIpc) is 3.37. The summed E-state index contributed by atoms with van der Waals surface area (Å²) in [4.78, 5) is 14.6. The van der Waals surface area contributed by atoms with Gasteiger partial charge in [-0.2, -0.15) is 0 Å². The smallest absolute Gasteiger partial charge is 0.223 e. The molecular formula is C19H22N2O. The van der Waals surface area contributed by atoms with Crippen LogP contribution in [0.3, 0.4) is 0 Å². The van der Waals surface area contributed by atoms with Crippen LogP contribution in [-0.2, 0) is 17.8 Å². The Morgan fingerprint density at radius 2 is 1.73 bits per heavy atom. The molecule has 0 spiro atoms. The van der Waals surface area contributed by atoms with Gasteiger partial charge in [0.05, 0.1) is 0 Å². The van der Waals surface area contributed by atoms with Gasteiger partial charge >= 0.3 is 0 Å². The van der Waals surface area contributed by atoms with Gasteiger partial charge in [0.15, 0.2) is 0 Å².